The third-order valence-corrected chi connectivity index (χ3v) is 10.1. The van der Waals surface area contributed by atoms with E-state index in [9.17, 15) is 4.53 Å². The molecule has 4 aliphatic carbocycles. The van der Waals surface area contributed by atoms with Crippen LogP contribution in [0.15, 0.2) is 0 Å². The molecule has 0 saturated heterocycles. The molecule has 0 aromatic carbocycles. The molecule has 0 bridgehead atoms. The summed E-state index contributed by atoms with van der Waals surface area (Å²) >= 11 is 0. The van der Waals surface area contributed by atoms with E-state index in [1.54, 1.807) is 0 Å². The van der Waals surface area contributed by atoms with Crippen LogP contribution in [0.25, 0.3) is 0 Å². The van der Waals surface area contributed by atoms with Crippen molar-refractivity contribution in [2.45, 2.75) is 98.0 Å². The van der Waals surface area contributed by atoms with E-state index in [1.165, 1.54) is 64.2 Å². The van der Waals surface area contributed by atoms with E-state index < -0.39 is 0 Å². The Labute approximate surface area is 154 Å². The predicted octanol–water partition coefficient (Wildman–Crippen LogP) is 6.96. The van der Waals surface area contributed by atoms with Crippen molar-refractivity contribution in [2.24, 2.45) is 46.3 Å². The Hall–Kier alpha value is -0.110. The van der Waals surface area contributed by atoms with Gasteiger partial charge in [-0.15, -0.1) is 0 Å². The summed E-state index contributed by atoms with van der Waals surface area (Å²) in [5.41, 5.74) is 0.952. The molecular formula is C23H39FO. The summed E-state index contributed by atoms with van der Waals surface area (Å²) in [5, 5.41) is 0. The van der Waals surface area contributed by atoms with Gasteiger partial charge in [0.25, 0.3) is 0 Å². The molecule has 4 aliphatic rings. The highest BCUT2D eigenvalue weighted by Gasteiger charge is 2.61. The second-order valence-electron chi connectivity index (χ2n) is 10.6. The van der Waals surface area contributed by atoms with Crippen LogP contribution in [-0.2, 0) is 4.94 Å². The van der Waals surface area contributed by atoms with Crippen molar-refractivity contribution in [3.8, 4) is 0 Å². The fraction of sp³-hybridized carbons (Fsp3) is 1.00. The lowest BCUT2D eigenvalue weighted by Crippen LogP contribution is -2.54. The van der Waals surface area contributed by atoms with Crippen LogP contribution in [0.5, 0.6) is 0 Å². The van der Waals surface area contributed by atoms with Crippen LogP contribution in [0.2, 0.25) is 0 Å². The Morgan fingerprint density at radius 3 is 2.56 bits per heavy atom. The quantitative estimate of drug-likeness (QED) is 0.534. The first-order valence-corrected chi connectivity index (χ1v) is 11.2. The van der Waals surface area contributed by atoms with E-state index in [0.717, 1.165) is 29.6 Å². The summed E-state index contributed by atoms with van der Waals surface area (Å²) in [5.74, 6) is 5.01. The molecule has 4 rings (SSSR count). The highest BCUT2D eigenvalue weighted by Crippen LogP contribution is 2.69. The van der Waals surface area contributed by atoms with Crippen molar-refractivity contribution >= 4 is 0 Å². The first-order chi connectivity index (χ1) is 12.0. The van der Waals surface area contributed by atoms with Gasteiger partial charge in [-0.3, -0.25) is 0 Å². The van der Waals surface area contributed by atoms with Crippen LogP contribution in [0.1, 0.15) is 91.9 Å². The van der Waals surface area contributed by atoms with Crippen LogP contribution in [-0.4, -0.2) is 6.10 Å². The summed E-state index contributed by atoms with van der Waals surface area (Å²) in [6.45, 7) is 9.39. The lowest BCUT2D eigenvalue weighted by molar-refractivity contribution is -0.209. The Balaban J connectivity index is 1.61. The van der Waals surface area contributed by atoms with E-state index in [1.807, 2.05) is 6.92 Å². The maximum absolute atomic E-state index is 13.0. The maximum atomic E-state index is 13.0. The average molecular weight is 351 g/mol. The highest BCUT2D eigenvalue weighted by atomic mass is 19.3. The summed E-state index contributed by atoms with van der Waals surface area (Å²) < 4.78 is 13.0. The molecule has 0 heterocycles. The first-order valence-electron chi connectivity index (χ1n) is 11.2. The molecule has 144 valence electrons. The molecule has 0 N–H and O–H groups in total. The standard InChI is InChI=1S/C23H39FO/c1-5-23-13-10-15(2)14-17(23)6-7-18-20-9-8-19(16(3)25-24)22(20,4)12-11-21(18)23/h15-21H,5-14H2,1-4H3. The normalized spacial score (nSPS) is 53.6. The van der Waals surface area contributed by atoms with Crippen LogP contribution in [0.4, 0.5) is 4.53 Å². The summed E-state index contributed by atoms with van der Waals surface area (Å²) in [7, 11) is 0. The molecule has 4 fully saturated rings. The van der Waals surface area contributed by atoms with Crippen molar-refractivity contribution in [2.75, 3.05) is 0 Å². The smallest absolute Gasteiger partial charge is 0.0989 e. The van der Waals surface area contributed by atoms with Gasteiger partial charge in [0, 0.05) is 0 Å². The molecule has 0 aromatic heterocycles. The SMILES string of the molecule is CCC12CCC(C)CC1CCC1C3CCC(C(C)OF)C3(C)CCC12. The molecule has 0 spiro atoms. The van der Waals surface area contributed by atoms with Gasteiger partial charge >= 0.3 is 0 Å². The molecule has 2 heteroatoms. The third kappa shape index (κ3) is 2.56. The van der Waals surface area contributed by atoms with Crippen molar-refractivity contribution in [1.82, 2.24) is 0 Å². The zero-order valence-corrected chi connectivity index (χ0v) is 16.9. The van der Waals surface area contributed by atoms with Gasteiger partial charge in [0.2, 0.25) is 0 Å². The van der Waals surface area contributed by atoms with Gasteiger partial charge in [0.05, 0.1) is 6.10 Å². The number of rotatable bonds is 3. The predicted molar refractivity (Wildman–Crippen MR) is 101 cm³/mol. The van der Waals surface area contributed by atoms with Crippen molar-refractivity contribution in [3.63, 3.8) is 0 Å². The summed E-state index contributed by atoms with van der Waals surface area (Å²) in [6, 6.07) is 0. The zero-order valence-electron chi connectivity index (χ0n) is 16.9. The second kappa shape index (κ2) is 6.50. The van der Waals surface area contributed by atoms with E-state index in [2.05, 4.69) is 25.7 Å². The zero-order chi connectivity index (χ0) is 17.8. The van der Waals surface area contributed by atoms with E-state index >= 15 is 0 Å². The van der Waals surface area contributed by atoms with Crippen LogP contribution >= 0.6 is 0 Å². The largest absolute Gasteiger partial charge is 0.191 e. The van der Waals surface area contributed by atoms with Gasteiger partial charge in [0.1, 0.15) is 0 Å². The lowest BCUT2D eigenvalue weighted by atomic mass is 9.43. The second-order valence-corrected chi connectivity index (χ2v) is 10.6. The lowest BCUT2D eigenvalue weighted by Gasteiger charge is -2.62. The molecule has 0 amide bonds. The van der Waals surface area contributed by atoms with E-state index in [4.69, 9.17) is 0 Å². The molecule has 9 atom stereocenters. The van der Waals surface area contributed by atoms with Gasteiger partial charge in [-0.1, -0.05) is 27.2 Å². The van der Waals surface area contributed by atoms with Gasteiger partial charge in [0.15, 0.2) is 0 Å². The van der Waals surface area contributed by atoms with Crippen molar-refractivity contribution in [3.05, 3.63) is 0 Å². The Bertz CT molecular complexity index is 492. The van der Waals surface area contributed by atoms with Crippen molar-refractivity contribution < 1.29 is 9.47 Å². The van der Waals surface area contributed by atoms with Gasteiger partial charge in [-0.25, -0.2) is 0 Å². The monoisotopic (exact) mass is 350 g/mol. The topological polar surface area (TPSA) is 9.23 Å². The fourth-order valence-corrected chi connectivity index (χ4v) is 8.85. The number of fused-ring (bicyclic) bond motifs is 5. The molecule has 0 aliphatic heterocycles. The van der Waals surface area contributed by atoms with Gasteiger partial charge in [-0.05, 0) is 116 Å². The Kier molecular flexibility index (Phi) is 4.75. The molecule has 9 unspecified atom stereocenters. The summed E-state index contributed by atoms with van der Waals surface area (Å²) in [4.78, 5) is 4.32. The molecule has 25 heavy (non-hydrogen) atoms. The maximum Gasteiger partial charge on any atom is 0.0989 e. The Morgan fingerprint density at radius 1 is 1.04 bits per heavy atom. The third-order valence-electron chi connectivity index (χ3n) is 10.1. The van der Waals surface area contributed by atoms with E-state index in [0.29, 0.717) is 16.7 Å². The molecule has 1 nitrogen and oxygen atoms in total. The minimum atomic E-state index is -0.224. The van der Waals surface area contributed by atoms with E-state index in [-0.39, 0.29) is 6.10 Å². The molecule has 4 saturated carbocycles. The van der Waals surface area contributed by atoms with Gasteiger partial charge in [-0.2, -0.15) is 4.94 Å². The number of hydrogen-bond acceptors (Lipinski definition) is 1. The fourth-order valence-electron chi connectivity index (χ4n) is 8.85. The molecular weight excluding hydrogens is 311 g/mol. The van der Waals surface area contributed by atoms with Gasteiger partial charge < -0.3 is 0 Å². The number of hydrogen-bond donors (Lipinski definition) is 0. The first kappa shape index (κ1) is 18.3. The minimum Gasteiger partial charge on any atom is -0.191 e. The molecule has 0 aromatic rings. The Morgan fingerprint density at radius 2 is 1.84 bits per heavy atom. The highest BCUT2D eigenvalue weighted by molar-refractivity contribution is 5.10. The summed E-state index contributed by atoms with van der Waals surface area (Å²) in [6.07, 6.45) is 13.7. The van der Waals surface area contributed by atoms with Crippen LogP contribution in [0.3, 0.4) is 0 Å². The average Bonchev–Trinajstić information content (AvgIpc) is 2.98. The molecule has 0 radical (unpaired) electrons. The van der Waals surface area contributed by atoms with Crippen LogP contribution in [0, 0.1) is 46.3 Å². The minimum absolute atomic E-state index is 0.224. The van der Waals surface area contributed by atoms with Crippen molar-refractivity contribution in [1.29, 1.82) is 0 Å². The van der Waals surface area contributed by atoms with Crippen LogP contribution < -0.4 is 0 Å². The number of halogens is 1.